The molecular formula is C16H14FN3S2. The first kappa shape index (κ1) is 14.1. The maximum absolute atomic E-state index is 13.2. The average Bonchev–Trinajstić information content (AvgIpc) is 2.92. The molecule has 22 heavy (non-hydrogen) atoms. The van der Waals surface area contributed by atoms with E-state index < -0.39 is 0 Å². The second-order valence-electron chi connectivity index (χ2n) is 5.37. The van der Waals surface area contributed by atoms with E-state index in [0.29, 0.717) is 5.75 Å². The van der Waals surface area contributed by atoms with E-state index in [1.807, 2.05) is 0 Å². The predicted octanol–water partition coefficient (Wildman–Crippen LogP) is 4.40. The molecule has 0 radical (unpaired) electrons. The van der Waals surface area contributed by atoms with E-state index in [1.165, 1.54) is 40.9 Å². The second-order valence-corrected chi connectivity index (χ2v) is 7.42. The Bertz CT molecular complexity index is 831. The normalized spacial score (nSPS) is 14.2. The van der Waals surface area contributed by atoms with E-state index in [2.05, 4.69) is 15.0 Å². The number of nitrogens with zero attached hydrogens (tertiary/aromatic N) is 3. The number of hydrogen-bond donors (Lipinski definition) is 0. The lowest BCUT2D eigenvalue weighted by atomic mass is 9.97. The zero-order valence-electron chi connectivity index (χ0n) is 11.9. The maximum atomic E-state index is 13.2. The van der Waals surface area contributed by atoms with Crippen molar-refractivity contribution < 1.29 is 4.39 Å². The van der Waals surface area contributed by atoms with Gasteiger partial charge >= 0.3 is 0 Å². The molecule has 0 N–H and O–H groups in total. The van der Waals surface area contributed by atoms with Crippen LogP contribution in [0.2, 0.25) is 0 Å². The molecule has 4 rings (SSSR count). The fourth-order valence-corrected chi connectivity index (χ4v) is 5.10. The van der Waals surface area contributed by atoms with Crippen molar-refractivity contribution >= 4 is 33.3 Å². The summed E-state index contributed by atoms with van der Waals surface area (Å²) >= 11 is 3.44. The van der Waals surface area contributed by atoms with Crippen LogP contribution >= 0.6 is 23.1 Å². The fourth-order valence-electron chi connectivity index (χ4n) is 2.86. The summed E-state index contributed by atoms with van der Waals surface area (Å²) in [4.78, 5) is 15.4. The van der Waals surface area contributed by atoms with Crippen LogP contribution in [-0.4, -0.2) is 15.0 Å². The summed E-state index contributed by atoms with van der Waals surface area (Å²) in [5, 5.41) is 2.23. The molecule has 0 amide bonds. The number of fused-ring (bicyclic) bond motifs is 3. The van der Waals surface area contributed by atoms with Gasteiger partial charge in [0.15, 0.2) is 0 Å². The minimum absolute atomic E-state index is 0.293. The number of pyridine rings is 1. The molecule has 0 fully saturated rings. The Morgan fingerprint density at radius 1 is 1.18 bits per heavy atom. The van der Waals surface area contributed by atoms with Crippen molar-refractivity contribution in [3.8, 4) is 0 Å². The number of aryl methyl sites for hydroxylation is 2. The van der Waals surface area contributed by atoms with Gasteiger partial charge in [-0.15, -0.1) is 23.1 Å². The van der Waals surface area contributed by atoms with Gasteiger partial charge in [0, 0.05) is 22.2 Å². The van der Waals surface area contributed by atoms with Crippen molar-refractivity contribution in [3.05, 3.63) is 46.6 Å². The molecule has 3 heterocycles. The van der Waals surface area contributed by atoms with Crippen LogP contribution in [0.25, 0.3) is 10.2 Å². The van der Waals surface area contributed by atoms with Crippen molar-refractivity contribution in [1.82, 2.24) is 15.0 Å². The minimum atomic E-state index is -0.293. The highest BCUT2D eigenvalue weighted by molar-refractivity contribution is 7.98. The third-order valence-corrected chi connectivity index (χ3v) is 6.11. The Labute approximate surface area is 136 Å². The van der Waals surface area contributed by atoms with E-state index in [4.69, 9.17) is 0 Å². The summed E-state index contributed by atoms with van der Waals surface area (Å²) in [5.41, 5.74) is 2.31. The highest BCUT2D eigenvalue weighted by Crippen LogP contribution is 2.39. The molecule has 0 aromatic carbocycles. The number of halogens is 1. The molecule has 1 aliphatic rings. The fraction of sp³-hybridized carbons (Fsp3) is 0.312. The Kier molecular flexibility index (Phi) is 3.80. The molecule has 0 saturated heterocycles. The van der Waals surface area contributed by atoms with E-state index in [-0.39, 0.29) is 5.82 Å². The highest BCUT2D eigenvalue weighted by atomic mass is 32.2. The minimum Gasteiger partial charge on any atom is -0.261 e. The molecule has 0 saturated carbocycles. The van der Waals surface area contributed by atoms with E-state index in [9.17, 15) is 4.39 Å². The zero-order chi connectivity index (χ0) is 14.9. The van der Waals surface area contributed by atoms with Crippen LogP contribution in [0, 0.1) is 5.82 Å². The molecule has 3 aromatic rings. The first-order valence-electron chi connectivity index (χ1n) is 7.29. The molecular weight excluding hydrogens is 317 g/mol. The molecule has 0 atom stereocenters. The monoisotopic (exact) mass is 331 g/mol. The number of hydrogen-bond acceptors (Lipinski definition) is 5. The van der Waals surface area contributed by atoms with Crippen molar-refractivity contribution in [2.24, 2.45) is 0 Å². The van der Waals surface area contributed by atoms with E-state index in [0.717, 1.165) is 28.3 Å². The summed E-state index contributed by atoms with van der Waals surface area (Å²) in [6.07, 6.45) is 9.36. The summed E-state index contributed by atoms with van der Waals surface area (Å²) in [5.74, 6) is 0.375. The molecule has 0 unspecified atom stereocenters. The van der Waals surface area contributed by atoms with Gasteiger partial charge in [-0.1, -0.05) is 0 Å². The largest absolute Gasteiger partial charge is 0.261 e. The first-order chi connectivity index (χ1) is 10.8. The molecule has 0 spiro atoms. The molecule has 0 aliphatic heterocycles. The van der Waals surface area contributed by atoms with Gasteiger partial charge in [-0.05, 0) is 42.9 Å². The summed E-state index contributed by atoms with van der Waals surface area (Å²) < 4.78 is 13.2. The van der Waals surface area contributed by atoms with Crippen molar-refractivity contribution in [3.63, 3.8) is 0 Å². The van der Waals surface area contributed by atoms with Gasteiger partial charge in [-0.2, -0.15) is 0 Å². The van der Waals surface area contributed by atoms with Crippen LogP contribution in [0.15, 0.2) is 29.8 Å². The number of rotatable bonds is 3. The highest BCUT2D eigenvalue weighted by Gasteiger charge is 2.19. The Morgan fingerprint density at radius 3 is 3.00 bits per heavy atom. The number of thioether (sulfide) groups is 1. The standard InChI is InChI=1S/C16H14FN3S2/c17-11-5-10(6-18-7-11)8-21-15-14-12-3-1-2-4-13(12)22-16(14)20-9-19-15/h5-7,9H,1-4,8H2. The maximum Gasteiger partial charge on any atom is 0.141 e. The topological polar surface area (TPSA) is 38.7 Å². The lowest BCUT2D eigenvalue weighted by Crippen LogP contribution is -1.99. The average molecular weight is 331 g/mol. The molecule has 0 bridgehead atoms. The smallest absolute Gasteiger partial charge is 0.141 e. The van der Waals surface area contributed by atoms with Gasteiger partial charge in [0.1, 0.15) is 22.0 Å². The summed E-state index contributed by atoms with van der Waals surface area (Å²) in [7, 11) is 0. The Hall–Kier alpha value is -1.53. The third-order valence-electron chi connectivity index (χ3n) is 3.85. The molecule has 3 aromatic heterocycles. The second kappa shape index (κ2) is 5.93. The number of thiophene rings is 1. The number of aromatic nitrogens is 3. The van der Waals surface area contributed by atoms with Gasteiger partial charge in [0.2, 0.25) is 0 Å². The van der Waals surface area contributed by atoms with Gasteiger partial charge in [-0.25, -0.2) is 14.4 Å². The van der Waals surface area contributed by atoms with Crippen molar-refractivity contribution in [2.45, 2.75) is 36.5 Å². The third kappa shape index (κ3) is 2.61. The summed E-state index contributed by atoms with van der Waals surface area (Å²) in [6, 6.07) is 1.53. The SMILES string of the molecule is Fc1cncc(CSc2ncnc3sc4c(c23)CCCC4)c1. The van der Waals surface area contributed by atoms with Crippen LogP contribution in [0.1, 0.15) is 28.8 Å². The Balaban J connectivity index is 1.68. The van der Waals surface area contributed by atoms with Gasteiger partial charge in [-0.3, -0.25) is 4.98 Å². The van der Waals surface area contributed by atoms with E-state index in [1.54, 1.807) is 35.6 Å². The molecule has 1 aliphatic carbocycles. The van der Waals surface area contributed by atoms with Crippen LogP contribution < -0.4 is 0 Å². The summed E-state index contributed by atoms with van der Waals surface area (Å²) in [6.45, 7) is 0. The van der Waals surface area contributed by atoms with Crippen LogP contribution in [-0.2, 0) is 18.6 Å². The van der Waals surface area contributed by atoms with Gasteiger partial charge < -0.3 is 0 Å². The lowest BCUT2D eigenvalue weighted by molar-refractivity contribution is 0.619. The zero-order valence-corrected chi connectivity index (χ0v) is 13.5. The molecule has 3 nitrogen and oxygen atoms in total. The van der Waals surface area contributed by atoms with Crippen LogP contribution in [0.5, 0.6) is 0 Å². The van der Waals surface area contributed by atoms with Crippen molar-refractivity contribution in [2.75, 3.05) is 0 Å². The molecule has 6 heteroatoms. The quantitative estimate of drug-likeness (QED) is 0.527. The van der Waals surface area contributed by atoms with Crippen LogP contribution in [0.4, 0.5) is 4.39 Å². The first-order valence-corrected chi connectivity index (χ1v) is 9.09. The van der Waals surface area contributed by atoms with Crippen LogP contribution in [0.3, 0.4) is 0 Å². The Morgan fingerprint density at radius 2 is 2.09 bits per heavy atom. The van der Waals surface area contributed by atoms with E-state index >= 15 is 0 Å². The predicted molar refractivity (Wildman–Crippen MR) is 87.8 cm³/mol. The van der Waals surface area contributed by atoms with Gasteiger partial charge in [0.05, 0.1) is 6.20 Å². The molecule has 112 valence electrons. The van der Waals surface area contributed by atoms with Crippen molar-refractivity contribution in [1.29, 1.82) is 0 Å². The lowest BCUT2D eigenvalue weighted by Gasteiger charge is -2.11. The van der Waals surface area contributed by atoms with Gasteiger partial charge in [0.25, 0.3) is 0 Å².